The van der Waals surface area contributed by atoms with Crippen molar-refractivity contribution in [1.82, 2.24) is 0 Å². The predicted molar refractivity (Wildman–Crippen MR) is 47.5 cm³/mol. The van der Waals surface area contributed by atoms with E-state index in [9.17, 15) is 9.59 Å². The summed E-state index contributed by atoms with van der Waals surface area (Å²) in [6, 6.07) is 0. The SMILES string of the molecule is B#CCC1OC(=O)C(CC#C)OC1=O. The van der Waals surface area contributed by atoms with Crippen molar-refractivity contribution in [2.75, 3.05) is 0 Å². The Morgan fingerprint density at radius 1 is 1.21 bits per heavy atom. The Bertz CT molecular complexity index is 302. The van der Waals surface area contributed by atoms with Crippen LogP contribution < -0.4 is 0 Å². The summed E-state index contributed by atoms with van der Waals surface area (Å²) in [5, 5.41) is 0. The first-order chi connectivity index (χ1) is 6.69. The number of hydrogen-bond donors (Lipinski definition) is 0. The summed E-state index contributed by atoms with van der Waals surface area (Å²) in [6.45, 7) is 0. The minimum atomic E-state index is -0.985. The molecule has 2 unspecified atom stereocenters. The molecule has 4 nitrogen and oxygen atoms in total. The second-order valence-electron chi connectivity index (χ2n) is 2.67. The number of rotatable bonds is 2. The topological polar surface area (TPSA) is 52.6 Å². The van der Waals surface area contributed by atoms with Crippen LogP contribution in [0.4, 0.5) is 0 Å². The molecular weight excluding hydrogens is 183 g/mol. The average Bonchev–Trinajstić information content (AvgIpc) is 2.14. The third-order valence-electron chi connectivity index (χ3n) is 1.65. The second-order valence-corrected chi connectivity index (χ2v) is 2.67. The van der Waals surface area contributed by atoms with Gasteiger partial charge in [-0.1, -0.05) is 0 Å². The van der Waals surface area contributed by atoms with Crippen LogP contribution in [0.1, 0.15) is 12.8 Å². The molecule has 0 aromatic carbocycles. The zero-order valence-electron chi connectivity index (χ0n) is 7.36. The summed E-state index contributed by atoms with van der Waals surface area (Å²) in [5.74, 6) is 3.16. The molecule has 0 amide bonds. The van der Waals surface area contributed by atoms with E-state index in [1.54, 1.807) is 0 Å². The number of ether oxygens (including phenoxy) is 2. The van der Waals surface area contributed by atoms with Gasteiger partial charge in [-0.25, -0.2) is 0 Å². The van der Waals surface area contributed by atoms with E-state index < -0.39 is 24.1 Å². The Morgan fingerprint density at radius 3 is 2.14 bits per heavy atom. The maximum atomic E-state index is 11.2. The van der Waals surface area contributed by atoms with E-state index in [2.05, 4.69) is 11.7 Å². The molecule has 1 fully saturated rings. The van der Waals surface area contributed by atoms with Crippen LogP contribution in [-0.2, 0) is 19.1 Å². The molecule has 0 radical (unpaired) electrons. The normalized spacial score (nSPS) is 25.8. The van der Waals surface area contributed by atoms with Gasteiger partial charge in [0, 0.05) is 0 Å². The van der Waals surface area contributed by atoms with Gasteiger partial charge in [-0.15, -0.1) is 0 Å². The number of esters is 2. The molecule has 5 heteroatoms. The van der Waals surface area contributed by atoms with Crippen LogP contribution in [-0.4, -0.2) is 31.5 Å². The van der Waals surface area contributed by atoms with E-state index in [0.29, 0.717) is 0 Å². The Kier molecular flexibility index (Phi) is 3.38. The first-order valence-corrected chi connectivity index (χ1v) is 3.97. The molecule has 1 rings (SSSR count). The van der Waals surface area contributed by atoms with Crippen molar-refractivity contribution in [1.29, 1.82) is 0 Å². The first-order valence-electron chi connectivity index (χ1n) is 3.97. The summed E-state index contributed by atoms with van der Waals surface area (Å²) in [4.78, 5) is 22.3. The molecule has 2 atom stereocenters. The van der Waals surface area contributed by atoms with Crippen LogP contribution in [0, 0.1) is 18.1 Å². The molecule has 1 aliphatic heterocycles. The summed E-state index contributed by atoms with van der Waals surface area (Å²) in [5.41, 5.74) is 0. The number of terminal acetylenes is 1. The molecule has 1 aliphatic rings. The number of carbonyl (C=O) groups is 2. The van der Waals surface area contributed by atoms with Crippen molar-refractivity contribution in [3.8, 4) is 18.1 Å². The van der Waals surface area contributed by atoms with Crippen molar-refractivity contribution in [2.45, 2.75) is 25.0 Å². The summed E-state index contributed by atoms with van der Waals surface area (Å²) in [6.07, 6.45) is 3.05. The standard InChI is InChI=1S/C9H7BO4/c1-2-3-6-8(11)14-7(4-5-10)9(12)13-6/h1,6-7H,3-4H2. The van der Waals surface area contributed by atoms with Crippen LogP contribution in [0.25, 0.3) is 0 Å². The van der Waals surface area contributed by atoms with E-state index in [0.717, 1.165) is 0 Å². The van der Waals surface area contributed by atoms with E-state index in [-0.39, 0.29) is 12.8 Å². The zero-order valence-corrected chi connectivity index (χ0v) is 7.36. The molecule has 70 valence electrons. The Morgan fingerprint density at radius 2 is 1.71 bits per heavy atom. The van der Waals surface area contributed by atoms with Gasteiger partial charge in [0.25, 0.3) is 0 Å². The third-order valence-corrected chi connectivity index (χ3v) is 1.65. The average molecular weight is 190 g/mol. The van der Waals surface area contributed by atoms with Gasteiger partial charge in [0.1, 0.15) is 0 Å². The predicted octanol–water partition coefficient (Wildman–Crippen LogP) is -0.635. The van der Waals surface area contributed by atoms with Gasteiger partial charge in [0.2, 0.25) is 0 Å². The van der Waals surface area contributed by atoms with Gasteiger partial charge in [0.05, 0.1) is 0 Å². The Balaban J connectivity index is 2.64. The minimum absolute atomic E-state index is 0.0212. The van der Waals surface area contributed by atoms with Crippen LogP contribution in [0.3, 0.4) is 0 Å². The van der Waals surface area contributed by atoms with Gasteiger partial charge >= 0.3 is 81.5 Å². The van der Waals surface area contributed by atoms with E-state index in [1.165, 1.54) is 0 Å². The van der Waals surface area contributed by atoms with Gasteiger partial charge in [-0.05, 0) is 0 Å². The third kappa shape index (κ3) is 2.18. The Hall–Kier alpha value is -1.66. The van der Waals surface area contributed by atoms with E-state index in [4.69, 9.17) is 23.2 Å². The van der Waals surface area contributed by atoms with Crippen LogP contribution >= 0.6 is 0 Å². The fraction of sp³-hybridized carbons (Fsp3) is 0.444. The van der Waals surface area contributed by atoms with Crippen LogP contribution in [0.5, 0.6) is 0 Å². The van der Waals surface area contributed by atoms with Gasteiger partial charge in [-0.2, -0.15) is 0 Å². The van der Waals surface area contributed by atoms with Gasteiger partial charge in [0.15, 0.2) is 0 Å². The quantitative estimate of drug-likeness (QED) is 0.330. The van der Waals surface area contributed by atoms with E-state index in [1.807, 2.05) is 0 Å². The number of hydrogen-bond acceptors (Lipinski definition) is 4. The second kappa shape index (κ2) is 4.54. The molecule has 1 saturated heterocycles. The van der Waals surface area contributed by atoms with Crippen molar-refractivity contribution < 1.29 is 19.1 Å². The monoisotopic (exact) mass is 190 g/mol. The molecule has 1 heterocycles. The molecular formula is C9H7BO4. The molecule has 0 aromatic heterocycles. The maximum absolute atomic E-state index is 11.2. The van der Waals surface area contributed by atoms with Gasteiger partial charge in [-0.3, -0.25) is 0 Å². The number of carbonyl (C=O) groups excluding carboxylic acids is 2. The van der Waals surface area contributed by atoms with E-state index >= 15 is 0 Å². The van der Waals surface area contributed by atoms with Gasteiger partial charge < -0.3 is 0 Å². The summed E-state index contributed by atoms with van der Waals surface area (Å²) in [7, 11) is 4.98. The van der Waals surface area contributed by atoms with Crippen molar-refractivity contribution >= 4 is 19.3 Å². The first kappa shape index (κ1) is 10.4. The fourth-order valence-electron chi connectivity index (χ4n) is 0.993. The van der Waals surface area contributed by atoms with Crippen LogP contribution in [0.15, 0.2) is 0 Å². The van der Waals surface area contributed by atoms with Crippen molar-refractivity contribution in [3.63, 3.8) is 0 Å². The van der Waals surface area contributed by atoms with Crippen LogP contribution in [0.2, 0.25) is 0 Å². The van der Waals surface area contributed by atoms with Crippen molar-refractivity contribution in [2.24, 2.45) is 0 Å². The summed E-state index contributed by atoms with van der Waals surface area (Å²) >= 11 is 0. The summed E-state index contributed by atoms with van der Waals surface area (Å²) < 4.78 is 9.51. The number of cyclic esters (lactones) is 2. The molecule has 0 spiro atoms. The molecule has 14 heavy (non-hydrogen) atoms. The molecule has 0 bridgehead atoms. The molecule has 0 saturated carbocycles. The van der Waals surface area contributed by atoms with Crippen molar-refractivity contribution in [3.05, 3.63) is 0 Å². The molecule has 0 N–H and O–H groups in total. The fourth-order valence-corrected chi connectivity index (χ4v) is 0.993. The molecule has 0 aromatic rings. The zero-order chi connectivity index (χ0) is 10.6. The molecule has 0 aliphatic carbocycles. The Labute approximate surface area is 82.3 Å².